The molecule has 1 aromatic heterocycles. The summed E-state index contributed by atoms with van der Waals surface area (Å²) in [7, 11) is 0. The molecular weight excluding hydrogens is 290 g/mol. The van der Waals surface area contributed by atoms with E-state index in [2.05, 4.69) is 0 Å². The minimum atomic E-state index is -0.490. The molecule has 0 fully saturated rings. The molecule has 0 bridgehead atoms. The normalized spacial score (nSPS) is 10.4. The Morgan fingerprint density at radius 3 is 2.23 bits per heavy atom. The van der Waals surface area contributed by atoms with Crippen molar-refractivity contribution < 1.29 is 24.8 Å². The average molecular weight is 300 g/mol. The Morgan fingerprint density at radius 2 is 1.55 bits per heavy atom. The Morgan fingerprint density at radius 1 is 0.818 bits per heavy atom. The first-order valence-electron chi connectivity index (χ1n) is 5.98. The van der Waals surface area contributed by atoms with Crippen LogP contribution in [0.1, 0.15) is 0 Å². The van der Waals surface area contributed by atoms with E-state index in [1.807, 2.05) is 0 Å². The molecule has 1 heterocycles. The average Bonchev–Trinajstić information content (AvgIpc) is 2.40. The first-order chi connectivity index (χ1) is 9.95. The minimum Gasteiger partial charge on any atom is -0.508 e. The fourth-order valence-electron chi connectivity index (χ4n) is 2.07. The number of hydrogen-bond donors (Lipinski definition) is 4. The SMILES string of the molecule is O=c1cc(-c2ccc(O)c(O)c2)oc2cc(O)cc(O)c12.[N]. The molecule has 3 rings (SSSR count). The van der Waals surface area contributed by atoms with Crippen LogP contribution in [0.25, 0.3) is 22.3 Å². The van der Waals surface area contributed by atoms with Gasteiger partial charge in [0.1, 0.15) is 28.2 Å². The predicted octanol–water partition coefficient (Wildman–Crippen LogP) is 1.80. The van der Waals surface area contributed by atoms with Crippen molar-refractivity contribution in [1.82, 2.24) is 6.15 Å². The Bertz CT molecular complexity index is 916. The molecule has 3 radical (unpaired) electrons. The van der Waals surface area contributed by atoms with Crippen LogP contribution in [0, 0.1) is 0 Å². The lowest BCUT2D eigenvalue weighted by atomic mass is 10.1. The van der Waals surface area contributed by atoms with Crippen LogP contribution in [-0.4, -0.2) is 20.4 Å². The van der Waals surface area contributed by atoms with Crippen LogP contribution in [0.15, 0.2) is 45.6 Å². The number of phenolic OH excluding ortho intramolecular Hbond substituents is 4. The molecule has 22 heavy (non-hydrogen) atoms. The highest BCUT2D eigenvalue weighted by molar-refractivity contribution is 5.86. The molecule has 0 unspecified atom stereocenters. The van der Waals surface area contributed by atoms with Gasteiger partial charge in [0, 0.05) is 29.9 Å². The first-order valence-corrected chi connectivity index (χ1v) is 5.98. The smallest absolute Gasteiger partial charge is 0.197 e. The third-order valence-corrected chi connectivity index (χ3v) is 3.05. The highest BCUT2D eigenvalue weighted by Crippen LogP contribution is 2.33. The Balaban J connectivity index is 0.00000176. The molecule has 0 aliphatic heterocycles. The summed E-state index contributed by atoms with van der Waals surface area (Å²) in [6, 6.07) is 7.37. The number of benzene rings is 2. The number of hydrogen-bond acceptors (Lipinski definition) is 6. The van der Waals surface area contributed by atoms with Crippen LogP contribution < -0.4 is 11.6 Å². The van der Waals surface area contributed by atoms with Gasteiger partial charge in [0.15, 0.2) is 16.9 Å². The van der Waals surface area contributed by atoms with Crippen LogP contribution in [-0.2, 0) is 0 Å². The van der Waals surface area contributed by atoms with E-state index in [0.29, 0.717) is 5.56 Å². The fraction of sp³-hybridized carbons (Fsp3) is 0. The third kappa shape index (κ3) is 2.40. The van der Waals surface area contributed by atoms with Gasteiger partial charge in [-0.3, -0.25) is 4.79 Å². The van der Waals surface area contributed by atoms with Gasteiger partial charge in [-0.25, -0.2) is 0 Å². The highest BCUT2D eigenvalue weighted by Gasteiger charge is 2.13. The Labute approximate surface area is 123 Å². The van der Waals surface area contributed by atoms with E-state index >= 15 is 0 Å². The topological polar surface area (TPSA) is 142 Å². The predicted molar refractivity (Wildman–Crippen MR) is 76.7 cm³/mol. The molecule has 2 aromatic carbocycles. The molecule has 4 N–H and O–H groups in total. The van der Waals surface area contributed by atoms with Crippen molar-refractivity contribution in [2.45, 2.75) is 0 Å². The zero-order chi connectivity index (χ0) is 15.1. The van der Waals surface area contributed by atoms with Gasteiger partial charge in [-0.2, -0.15) is 0 Å². The number of nitrogens with zero attached hydrogens (tertiary/aromatic N) is 1. The van der Waals surface area contributed by atoms with E-state index in [1.165, 1.54) is 24.3 Å². The van der Waals surface area contributed by atoms with E-state index in [9.17, 15) is 25.2 Å². The summed E-state index contributed by atoms with van der Waals surface area (Å²) in [6.07, 6.45) is 0. The standard InChI is InChI=1S/C15H10O6.N/c16-8-4-11(19)15-12(20)6-13(21-14(15)5-8)7-1-2-9(17)10(18)3-7;/h1-6,16-19H;. The van der Waals surface area contributed by atoms with Gasteiger partial charge in [-0.1, -0.05) is 0 Å². The van der Waals surface area contributed by atoms with Crippen LogP contribution in [0.2, 0.25) is 0 Å². The molecule has 111 valence electrons. The highest BCUT2D eigenvalue weighted by atomic mass is 16.3. The van der Waals surface area contributed by atoms with Crippen molar-refractivity contribution >= 4 is 11.0 Å². The lowest BCUT2D eigenvalue weighted by Gasteiger charge is -2.06. The van der Waals surface area contributed by atoms with E-state index in [4.69, 9.17) is 4.42 Å². The molecule has 0 amide bonds. The summed E-state index contributed by atoms with van der Waals surface area (Å²) in [4.78, 5) is 12.0. The maximum absolute atomic E-state index is 12.0. The number of fused-ring (bicyclic) bond motifs is 1. The summed E-state index contributed by atoms with van der Waals surface area (Å²) in [5, 5.41) is 37.9. The summed E-state index contributed by atoms with van der Waals surface area (Å²) >= 11 is 0. The summed E-state index contributed by atoms with van der Waals surface area (Å²) < 4.78 is 5.47. The lowest BCUT2D eigenvalue weighted by Crippen LogP contribution is -2.00. The maximum Gasteiger partial charge on any atom is 0.197 e. The van der Waals surface area contributed by atoms with Crippen molar-refractivity contribution in [2.24, 2.45) is 0 Å². The summed E-state index contributed by atoms with van der Waals surface area (Å²) in [5.41, 5.74) is -0.106. The Kier molecular flexibility index (Phi) is 3.66. The van der Waals surface area contributed by atoms with Gasteiger partial charge in [-0.05, 0) is 18.2 Å². The lowest BCUT2D eigenvalue weighted by molar-refractivity contribution is 0.404. The van der Waals surface area contributed by atoms with Crippen LogP contribution in [0.4, 0.5) is 0 Å². The largest absolute Gasteiger partial charge is 0.508 e. The van der Waals surface area contributed by atoms with Crippen molar-refractivity contribution in [3.8, 4) is 34.3 Å². The molecule has 0 spiro atoms. The second-order valence-corrected chi connectivity index (χ2v) is 4.52. The second kappa shape index (κ2) is 5.30. The van der Waals surface area contributed by atoms with Gasteiger partial charge in [0.05, 0.1) is 0 Å². The molecule has 0 atom stereocenters. The van der Waals surface area contributed by atoms with Gasteiger partial charge in [0.25, 0.3) is 0 Å². The van der Waals surface area contributed by atoms with Crippen LogP contribution in [0.5, 0.6) is 23.0 Å². The van der Waals surface area contributed by atoms with Gasteiger partial charge < -0.3 is 24.8 Å². The Hall–Kier alpha value is -3.19. The van der Waals surface area contributed by atoms with E-state index in [1.54, 1.807) is 0 Å². The van der Waals surface area contributed by atoms with Crippen LogP contribution in [0.3, 0.4) is 0 Å². The molecule has 0 saturated carbocycles. The van der Waals surface area contributed by atoms with Crippen molar-refractivity contribution in [3.05, 3.63) is 46.6 Å². The van der Waals surface area contributed by atoms with E-state index in [-0.39, 0.29) is 45.9 Å². The molecule has 0 aliphatic carbocycles. The zero-order valence-electron chi connectivity index (χ0n) is 11.0. The van der Waals surface area contributed by atoms with E-state index in [0.717, 1.165) is 12.1 Å². The van der Waals surface area contributed by atoms with Crippen molar-refractivity contribution in [1.29, 1.82) is 0 Å². The molecule has 0 aliphatic rings. The van der Waals surface area contributed by atoms with Crippen LogP contribution >= 0.6 is 0 Å². The maximum atomic E-state index is 12.0. The molecule has 3 aromatic rings. The van der Waals surface area contributed by atoms with Crippen molar-refractivity contribution in [2.75, 3.05) is 0 Å². The number of phenols is 4. The molecule has 7 heteroatoms. The molecule has 7 nitrogen and oxygen atoms in total. The van der Waals surface area contributed by atoms with Gasteiger partial charge in [-0.15, -0.1) is 0 Å². The van der Waals surface area contributed by atoms with Crippen molar-refractivity contribution in [3.63, 3.8) is 0 Å². The number of rotatable bonds is 1. The number of aromatic hydroxyl groups is 4. The van der Waals surface area contributed by atoms with E-state index < -0.39 is 5.43 Å². The molecule has 0 saturated heterocycles. The van der Waals surface area contributed by atoms with Gasteiger partial charge in [0.2, 0.25) is 0 Å². The quantitative estimate of drug-likeness (QED) is 0.505. The second-order valence-electron chi connectivity index (χ2n) is 4.52. The zero-order valence-corrected chi connectivity index (χ0v) is 11.0. The van der Waals surface area contributed by atoms with Gasteiger partial charge >= 0.3 is 0 Å². The fourth-order valence-corrected chi connectivity index (χ4v) is 2.07. The summed E-state index contributed by atoms with van der Waals surface area (Å²) in [5.74, 6) is -1.13. The molecular formula is C15H10NO6. The monoisotopic (exact) mass is 300 g/mol. The minimum absolute atomic E-state index is 0. The first kappa shape index (κ1) is 15.2. The third-order valence-electron chi connectivity index (χ3n) is 3.05. The summed E-state index contributed by atoms with van der Waals surface area (Å²) in [6.45, 7) is 0.